The molecule has 0 unspecified atom stereocenters. The first-order chi connectivity index (χ1) is 8.16. The van der Waals surface area contributed by atoms with Gasteiger partial charge >= 0.3 is 0 Å². The Balaban J connectivity index is 2.20. The van der Waals surface area contributed by atoms with Crippen LogP contribution in [-0.4, -0.2) is 4.92 Å². The van der Waals surface area contributed by atoms with Crippen LogP contribution in [-0.2, 0) is 0 Å². The first-order valence-electron chi connectivity index (χ1n) is 5.15. The fourth-order valence-electron chi connectivity index (χ4n) is 1.43. The second-order valence-corrected chi connectivity index (χ2v) is 3.62. The summed E-state index contributed by atoms with van der Waals surface area (Å²) in [5, 5.41) is 10.5. The van der Waals surface area contributed by atoms with Gasteiger partial charge < -0.3 is 4.74 Å². The van der Waals surface area contributed by atoms with Crippen molar-refractivity contribution < 1.29 is 9.66 Å². The smallest absolute Gasteiger partial charge is 0.269 e. The van der Waals surface area contributed by atoms with Crippen LogP contribution >= 0.6 is 0 Å². The molecule has 0 aliphatic carbocycles. The molecule has 0 bridgehead atoms. The zero-order valence-electron chi connectivity index (χ0n) is 9.29. The molecule has 0 N–H and O–H groups in total. The van der Waals surface area contributed by atoms with E-state index >= 15 is 0 Å². The Kier molecular flexibility index (Phi) is 3.05. The summed E-state index contributed by atoms with van der Waals surface area (Å²) in [4.78, 5) is 10.1. The molecule has 86 valence electrons. The number of non-ortho nitro benzene ring substituents is 1. The van der Waals surface area contributed by atoms with Crippen LogP contribution < -0.4 is 4.74 Å². The molecule has 0 aromatic heterocycles. The molecule has 2 rings (SSSR count). The topological polar surface area (TPSA) is 52.4 Å². The van der Waals surface area contributed by atoms with Gasteiger partial charge in [0.25, 0.3) is 5.69 Å². The maximum Gasteiger partial charge on any atom is 0.269 e. The van der Waals surface area contributed by atoms with E-state index in [2.05, 4.69) is 0 Å². The molecule has 4 nitrogen and oxygen atoms in total. The lowest BCUT2D eigenvalue weighted by Gasteiger charge is -2.07. The van der Waals surface area contributed by atoms with Crippen LogP contribution in [0.3, 0.4) is 0 Å². The van der Waals surface area contributed by atoms with Gasteiger partial charge in [0, 0.05) is 12.1 Å². The molecule has 0 amide bonds. The molecule has 0 aliphatic heterocycles. The zero-order valence-corrected chi connectivity index (χ0v) is 9.29. The van der Waals surface area contributed by atoms with Crippen LogP contribution in [0, 0.1) is 17.0 Å². The van der Waals surface area contributed by atoms with Crippen molar-refractivity contribution in [1.82, 2.24) is 0 Å². The Hall–Kier alpha value is -2.36. The summed E-state index contributed by atoms with van der Waals surface area (Å²) < 4.78 is 5.62. The highest BCUT2D eigenvalue weighted by molar-refractivity contribution is 5.40. The summed E-state index contributed by atoms with van der Waals surface area (Å²) in [7, 11) is 0. The largest absolute Gasteiger partial charge is 0.457 e. The minimum absolute atomic E-state index is 0.0575. The van der Waals surface area contributed by atoms with Crippen molar-refractivity contribution in [1.29, 1.82) is 0 Å². The minimum atomic E-state index is -0.433. The maximum atomic E-state index is 10.5. The van der Waals surface area contributed by atoms with Crippen molar-refractivity contribution in [2.24, 2.45) is 0 Å². The minimum Gasteiger partial charge on any atom is -0.457 e. The van der Waals surface area contributed by atoms with E-state index in [-0.39, 0.29) is 5.69 Å². The van der Waals surface area contributed by atoms with Crippen molar-refractivity contribution >= 4 is 5.69 Å². The van der Waals surface area contributed by atoms with Gasteiger partial charge in [-0.15, -0.1) is 0 Å². The Morgan fingerprint density at radius 1 is 1.06 bits per heavy atom. The zero-order chi connectivity index (χ0) is 12.3. The lowest BCUT2D eigenvalue weighted by molar-refractivity contribution is -0.384. The number of hydrogen-bond donors (Lipinski definition) is 0. The number of nitro groups is 1. The van der Waals surface area contributed by atoms with Gasteiger partial charge in [0.05, 0.1) is 4.92 Å². The van der Waals surface area contributed by atoms with Crippen LogP contribution in [0.1, 0.15) is 5.56 Å². The van der Waals surface area contributed by atoms with Crippen LogP contribution in [0.15, 0.2) is 48.5 Å². The third-order valence-corrected chi connectivity index (χ3v) is 2.37. The summed E-state index contributed by atoms with van der Waals surface area (Å²) in [6.45, 7) is 1.95. The molecule has 2 aromatic rings. The second-order valence-electron chi connectivity index (χ2n) is 3.62. The van der Waals surface area contributed by atoms with E-state index in [1.165, 1.54) is 12.1 Å². The summed E-state index contributed by atoms with van der Waals surface area (Å²) in [5.74, 6) is 1.34. The van der Waals surface area contributed by atoms with Gasteiger partial charge in [0.2, 0.25) is 0 Å². The third-order valence-electron chi connectivity index (χ3n) is 2.37. The van der Waals surface area contributed by atoms with Gasteiger partial charge in [-0.1, -0.05) is 18.2 Å². The molecule has 0 saturated heterocycles. The fourth-order valence-corrected chi connectivity index (χ4v) is 1.43. The van der Waals surface area contributed by atoms with Gasteiger partial charge in [-0.3, -0.25) is 10.1 Å². The van der Waals surface area contributed by atoms with Crippen LogP contribution in [0.4, 0.5) is 5.69 Å². The molecule has 2 aromatic carbocycles. The SMILES string of the molecule is Cc1ccccc1Oc1ccc([N+](=O)[O-])cc1. The molecule has 0 fully saturated rings. The number of benzene rings is 2. The summed E-state index contributed by atoms with van der Waals surface area (Å²) in [5.41, 5.74) is 1.08. The molecule has 0 saturated carbocycles. The summed E-state index contributed by atoms with van der Waals surface area (Å²) >= 11 is 0. The third kappa shape index (κ3) is 2.60. The standard InChI is InChI=1S/C13H11NO3/c1-10-4-2-3-5-13(10)17-12-8-6-11(7-9-12)14(15)16/h2-9H,1H3. The van der Waals surface area contributed by atoms with E-state index in [4.69, 9.17) is 4.74 Å². The Morgan fingerprint density at radius 3 is 2.29 bits per heavy atom. The average molecular weight is 229 g/mol. The van der Waals surface area contributed by atoms with Gasteiger partial charge in [-0.2, -0.15) is 0 Å². The van der Waals surface area contributed by atoms with Crippen LogP contribution in [0.2, 0.25) is 0 Å². The lowest BCUT2D eigenvalue weighted by Crippen LogP contribution is -1.89. The Bertz CT molecular complexity index is 535. The summed E-state index contributed by atoms with van der Waals surface area (Å²) in [6, 6.07) is 13.6. The van der Waals surface area contributed by atoms with E-state index in [0.717, 1.165) is 11.3 Å². The highest BCUT2D eigenvalue weighted by Gasteiger charge is 2.05. The fraction of sp³-hybridized carbons (Fsp3) is 0.0769. The van der Waals surface area contributed by atoms with Crippen molar-refractivity contribution in [3.63, 3.8) is 0 Å². The molecule has 0 spiro atoms. The first kappa shape index (κ1) is 11.1. The van der Waals surface area contributed by atoms with E-state index in [9.17, 15) is 10.1 Å². The van der Waals surface area contributed by atoms with Crippen molar-refractivity contribution in [2.45, 2.75) is 6.92 Å². The molecule has 4 heteroatoms. The lowest BCUT2D eigenvalue weighted by atomic mass is 10.2. The van der Waals surface area contributed by atoms with Gasteiger partial charge in [-0.25, -0.2) is 0 Å². The summed E-state index contributed by atoms with van der Waals surface area (Å²) in [6.07, 6.45) is 0. The molecule has 0 aliphatic rings. The molecule has 17 heavy (non-hydrogen) atoms. The second kappa shape index (κ2) is 4.65. The Morgan fingerprint density at radius 2 is 1.71 bits per heavy atom. The number of ether oxygens (including phenoxy) is 1. The van der Waals surface area contributed by atoms with Crippen molar-refractivity contribution in [3.8, 4) is 11.5 Å². The van der Waals surface area contributed by atoms with Gasteiger partial charge in [0.1, 0.15) is 11.5 Å². The first-order valence-corrected chi connectivity index (χ1v) is 5.15. The number of para-hydroxylation sites is 1. The quantitative estimate of drug-likeness (QED) is 0.595. The number of nitrogens with zero attached hydrogens (tertiary/aromatic N) is 1. The number of rotatable bonds is 3. The van der Waals surface area contributed by atoms with Crippen molar-refractivity contribution in [3.05, 3.63) is 64.2 Å². The number of hydrogen-bond acceptors (Lipinski definition) is 3. The predicted molar refractivity (Wildman–Crippen MR) is 64.3 cm³/mol. The maximum absolute atomic E-state index is 10.5. The molecule has 0 atom stereocenters. The Labute approximate surface area is 98.6 Å². The molecule has 0 radical (unpaired) electrons. The van der Waals surface area contributed by atoms with Crippen LogP contribution in [0.25, 0.3) is 0 Å². The normalized spacial score (nSPS) is 9.94. The van der Waals surface area contributed by atoms with Crippen LogP contribution in [0.5, 0.6) is 11.5 Å². The number of aryl methyl sites for hydroxylation is 1. The van der Waals surface area contributed by atoms with E-state index in [0.29, 0.717) is 5.75 Å². The molecular formula is C13H11NO3. The monoisotopic (exact) mass is 229 g/mol. The van der Waals surface area contributed by atoms with E-state index in [1.807, 2.05) is 31.2 Å². The van der Waals surface area contributed by atoms with E-state index in [1.54, 1.807) is 12.1 Å². The highest BCUT2D eigenvalue weighted by Crippen LogP contribution is 2.25. The predicted octanol–water partition coefficient (Wildman–Crippen LogP) is 3.70. The highest BCUT2D eigenvalue weighted by atomic mass is 16.6. The van der Waals surface area contributed by atoms with Crippen molar-refractivity contribution in [2.75, 3.05) is 0 Å². The average Bonchev–Trinajstić information content (AvgIpc) is 2.33. The van der Waals surface area contributed by atoms with Gasteiger partial charge in [0.15, 0.2) is 0 Å². The van der Waals surface area contributed by atoms with E-state index < -0.39 is 4.92 Å². The van der Waals surface area contributed by atoms with Gasteiger partial charge in [-0.05, 0) is 30.7 Å². The molecule has 0 heterocycles. The number of nitro benzene ring substituents is 1. The molecular weight excluding hydrogens is 218 g/mol.